The smallest absolute Gasteiger partial charge is 0.179 e. The monoisotopic (exact) mass is 607 g/mol. The third-order valence-corrected chi connectivity index (χ3v) is 13.8. The van der Waals surface area contributed by atoms with E-state index in [0.29, 0.717) is 0 Å². The van der Waals surface area contributed by atoms with Crippen LogP contribution in [0.4, 0.5) is 17.1 Å². The van der Waals surface area contributed by atoms with Crippen molar-refractivity contribution in [2.24, 2.45) is 0 Å². The fourth-order valence-electron chi connectivity index (χ4n) is 6.61. The van der Waals surface area contributed by atoms with E-state index >= 15 is 0 Å². The van der Waals surface area contributed by atoms with Gasteiger partial charge in [0.15, 0.2) is 8.07 Å². The van der Waals surface area contributed by atoms with E-state index < -0.39 is 8.07 Å². The summed E-state index contributed by atoms with van der Waals surface area (Å²) in [5.41, 5.74) is 8.36. The molecule has 0 saturated carbocycles. The highest BCUT2D eigenvalue weighted by Gasteiger charge is 2.41. The molecule has 7 aromatic rings. The van der Waals surface area contributed by atoms with Crippen LogP contribution in [0.5, 0.6) is 0 Å². The molecule has 1 nitrogen and oxygen atoms in total. The highest BCUT2D eigenvalue weighted by atomic mass is 28.3. The lowest BCUT2D eigenvalue weighted by Crippen LogP contribution is -2.74. The fourth-order valence-corrected chi connectivity index (χ4v) is 11.4. The van der Waals surface area contributed by atoms with Crippen LogP contribution in [0.25, 0.3) is 11.1 Å². The zero-order valence-electron chi connectivity index (χ0n) is 26.3. The maximum Gasteiger partial charge on any atom is 0.179 e. The summed E-state index contributed by atoms with van der Waals surface area (Å²) in [7, 11) is -2.54. The molecule has 0 spiro atoms. The van der Waals surface area contributed by atoms with Crippen LogP contribution in [0.3, 0.4) is 0 Å². The van der Waals surface area contributed by atoms with Crippen molar-refractivity contribution in [3.8, 4) is 11.1 Å². The van der Waals surface area contributed by atoms with Crippen LogP contribution in [-0.4, -0.2) is 8.07 Å². The molecule has 0 amide bonds. The summed E-state index contributed by atoms with van der Waals surface area (Å²) in [4.78, 5) is 2.32. The Morgan fingerprint density at radius 2 is 0.587 bits per heavy atom. The average Bonchev–Trinajstić information content (AvgIpc) is 3.12. The van der Waals surface area contributed by atoms with Gasteiger partial charge in [-0.2, -0.15) is 0 Å². The Morgan fingerprint density at radius 1 is 0.304 bits per heavy atom. The fraction of sp³-hybridized carbons (Fsp3) is 0.0455. The Bertz CT molecular complexity index is 1860. The number of anilines is 3. The Hall–Kier alpha value is -5.44. The number of nitrogens with zero attached hydrogens (tertiary/aromatic N) is 1. The van der Waals surface area contributed by atoms with Gasteiger partial charge in [-0.15, -0.1) is 0 Å². The van der Waals surface area contributed by atoms with E-state index in [1.807, 2.05) is 0 Å². The first-order valence-electron chi connectivity index (χ1n) is 15.9. The van der Waals surface area contributed by atoms with Gasteiger partial charge in [-0.1, -0.05) is 163 Å². The molecule has 0 aliphatic carbocycles. The van der Waals surface area contributed by atoms with Crippen molar-refractivity contribution in [3.63, 3.8) is 0 Å². The highest BCUT2D eigenvalue weighted by molar-refractivity contribution is 7.19. The van der Waals surface area contributed by atoms with Gasteiger partial charge < -0.3 is 4.90 Å². The quantitative estimate of drug-likeness (QED) is 0.123. The molecule has 0 unspecified atom stereocenters. The van der Waals surface area contributed by atoms with Gasteiger partial charge in [0, 0.05) is 17.1 Å². The summed E-state index contributed by atoms with van der Waals surface area (Å²) < 4.78 is 0. The third-order valence-electron chi connectivity index (χ3n) is 8.98. The summed E-state index contributed by atoms with van der Waals surface area (Å²) in [5.74, 6) is 0. The van der Waals surface area contributed by atoms with Crippen LogP contribution in [0, 0.1) is 13.8 Å². The summed E-state index contributed by atoms with van der Waals surface area (Å²) in [6.45, 7) is 4.26. The molecule has 2 heteroatoms. The van der Waals surface area contributed by atoms with Gasteiger partial charge in [0.25, 0.3) is 0 Å². The van der Waals surface area contributed by atoms with Gasteiger partial charge in [0.2, 0.25) is 0 Å². The van der Waals surface area contributed by atoms with Crippen molar-refractivity contribution in [2.45, 2.75) is 13.8 Å². The van der Waals surface area contributed by atoms with Crippen LogP contribution in [0.2, 0.25) is 0 Å². The largest absolute Gasteiger partial charge is 0.311 e. The molecule has 0 aliphatic rings. The topological polar surface area (TPSA) is 3.24 Å². The van der Waals surface area contributed by atoms with Crippen LogP contribution < -0.4 is 25.6 Å². The molecule has 0 fully saturated rings. The van der Waals surface area contributed by atoms with Crippen LogP contribution >= 0.6 is 0 Å². The van der Waals surface area contributed by atoms with Crippen molar-refractivity contribution in [2.75, 3.05) is 4.90 Å². The van der Waals surface area contributed by atoms with Crippen molar-refractivity contribution >= 4 is 45.9 Å². The lowest BCUT2D eigenvalue weighted by molar-refractivity contribution is 1.27. The first-order chi connectivity index (χ1) is 22.6. The normalized spacial score (nSPS) is 11.3. The molecule has 0 atom stereocenters. The van der Waals surface area contributed by atoms with Gasteiger partial charge in [-0.05, 0) is 82.1 Å². The van der Waals surface area contributed by atoms with Crippen molar-refractivity contribution in [3.05, 3.63) is 199 Å². The minimum Gasteiger partial charge on any atom is -0.311 e. The van der Waals surface area contributed by atoms with Crippen molar-refractivity contribution in [1.82, 2.24) is 0 Å². The van der Waals surface area contributed by atoms with Crippen LogP contribution in [-0.2, 0) is 0 Å². The van der Waals surface area contributed by atoms with E-state index in [2.05, 4.69) is 207 Å². The number of hydrogen-bond donors (Lipinski definition) is 0. The predicted octanol–water partition coefficient (Wildman–Crippen LogP) is 8.82. The first kappa shape index (κ1) is 29.3. The number of hydrogen-bond acceptors (Lipinski definition) is 1. The minimum atomic E-state index is -2.54. The summed E-state index contributed by atoms with van der Waals surface area (Å²) in [6, 6.07) is 69.1. The van der Waals surface area contributed by atoms with Gasteiger partial charge >= 0.3 is 0 Å². The Morgan fingerprint density at radius 3 is 0.935 bits per heavy atom. The van der Waals surface area contributed by atoms with Gasteiger partial charge in [-0.25, -0.2) is 0 Å². The highest BCUT2D eigenvalue weighted by Crippen LogP contribution is 2.35. The van der Waals surface area contributed by atoms with Gasteiger partial charge in [0.1, 0.15) is 0 Å². The SMILES string of the molecule is Cc1ccc(N(c2ccc(C)cc2)c2ccc(-c3ccc([Si](c4ccccc4)(c4ccccc4)c4ccccc4)cc3)cc2)cc1. The molecule has 0 N–H and O–H groups in total. The van der Waals surface area contributed by atoms with Crippen molar-refractivity contribution in [1.29, 1.82) is 0 Å². The van der Waals surface area contributed by atoms with Gasteiger partial charge in [-0.3, -0.25) is 0 Å². The van der Waals surface area contributed by atoms with E-state index in [9.17, 15) is 0 Å². The van der Waals surface area contributed by atoms with Crippen LogP contribution in [0.1, 0.15) is 11.1 Å². The lowest BCUT2D eigenvalue weighted by atomic mass is 10.0. The third kappa shape index (κ3) is 5.60. The molecular formula is C44H37NSi. The van der Waals surface area contributed by atoms with Crippen molar-refractivity contribution < 1.29 is 0 Å². The Balaban J connectivity index is 1.29. The standard InChI is InChI=1S/C44H37NSi/c1-34-18-26-38(27-19-34)45(39-28-20-35(2)21-29-39)40-30-22-36(23-31-40)37-24-32-44(33-25-37)46(41-12-6-3-7-13-41,42-14-8-4-9-15-42)43-16-10-5-11-17-43/h3-33H,1-2H3. The van der Waals surface area contributed by atoms with E-state index in [-0.39, 0.29) is 0 Å². The number of rotatable bonds is 8. The molecule has 0 bridgehead atoms. The second-order valence-corrected chi connectivity index (χ2v) is 15.8. The molecule has 0 aromatic heterocycles. The zero-order chi connectivity index (χ0) is 31.3. The van der Waals surface area contributed by atoms with Crippen LogP contribution in [0.15, 0.2) is 188 Å². The molecule has 0 heterocycles. The molecule has 7 aromatic carbocycles. The summed E-state index contributed by atoms with van der Waals surface area (Å²) >= 11 is 0. The van der Waals surface area contributed by atoms with E-state index in [4.69, 9.17) is 0 Å². The first-order valence-corrected chi connectivity index (χ1v) is 17.9. The average molecular weight is 608 g/mol. The number of aryl methyl sites for hydroxylation is 2. The maximum absolute atomic E-state index is 2.54. The van der Waals surface area contributed by atoms with Gasteiger partial charge in [0.05, 0.1) is 0 Å². The van der Waals surface area contributed by atoms with E-state index in [0.717, 1.165) is 17.1 Å². The Labute approximate surface area is 274 Å². The lowest BCUT2D eigenvalue weighted by Gasteiger charge is -2.34. The molecule has 222 valence electrons. The summed E-state index contributed by atoms with van der Waals surface area (Å²) in [6.07, 6.45) is 0. The maximum atomic E-state index is 2.37. The molecule has 46 heavy (non-hydrogen) atoms. The molecule has 7 rings (SSSR count). The minimum absolute atomic E-state index is 1.14. The predicted molar refractivity (Wildman–Crippen MR) is 200 cm³/mol. The molecule has 0 radical (unpaired) electrons. The number of benzene rings is 7. The Kier molecular flexibility index (Phi) is 8.20. The summed E-state index contributed by atoms with van der Waals surface area (Å²) in [5, 5.41) is 5.53. The van der Waals surface area contributed by atoms with E-state index in [1.54, 1.807) is 0 Å². The molecule has 0 saturated heterocycles. The van der Waals surface area contributed by atoms with E-state index in [1.165, 1.54) is 43.0 Å². The second-order valence-electron chi connectivity index (χ2n) is 12.0. The second kappa shape index (κ2) is 12.9. The molecule has 0 aliphatic heterocycles. The zero-order valence-corrected chi connectivity index (χ0v) is 27.3. The molecular weight excluding hydrogens is 571 g/mol.